The fraction of sp³-hybridized carbons (Fsp3) is 0.667. The molecule has 1 atom stereocenters. The Balaban J connectivity index is 2.08. The van der Waals surface area contributed by atoms with Crippen molar-refractivity contribution in [3.63, 3.8) is 0 Å². The van der Waals surface area contributed by atoms with Crippen molar-refractivity contribution in [3.05, 3.63) is 21.6 Å². The lowest BCUT2D eigenvalue weighted by molar-refractivity contribution is 0.484. The maximum atomic E-state index is 11.7. The van der Waals surface area contributed by atoms with Crippen LogP contribution in [0.3, 0.4) is 0 Å². The van der Waals surface area contributed by atoms with Gasteiger partial charge in [-0.3, -0.25) is 4.79 Å². The number of rotatable bonds is 2. The molecule has 2 heterocycles. The molecule has 0 aromatic carbocycles. The van der Waals surface area contributed by atoms with Crippen LogP contribution in [0.4, 0.5) is 5.69 Å². The van der Waals surface area contributed by atoms with Crippen molar-refractivity contribution in [2.75, 3.05) is 18.4 Å². The molecular weight excluding hydrogens is 252 g/mol. The average Bonchev–Trinajstić information content (AvgIpc) is 2.32. The molecule has 1 aliphatic rings. The predicted octanol–water partition coefficient (Wildman–Crippen LogP) is 1.38. The van der Waals surface area contributed by atoms with Crippen molar-refractivity contribution in [2.45, 2.75) is 31.7 Å². The summed E-state index contributed by atoms with van der Waals surface area (Å²) in [6.07, 6.45) is 6.38. The lowest BCUT2D eigenvalue weighted by Crippen LogP contribution is -2.35. The molecule has 1 saturated heterocycles. The third kappa shape index (κ3) is 3.23. The second kappa shape index (κ2) is 6.20. The summed E-state index contributed by atoms with van der Waals surface area (Å²) in [4.78, 5) is 11.7. The van der Waals surface area contributed by atoms with E-state index in [2.05, 4.69) is 15.7 Å². The highest BCUT2D eigenvalue weighted by molar-refractivity contribution is 6.32. The van der Waals surface area contributed by atoms with Gasteiger partial charge in [-0.05, 0) is 19.4 Å². The van der Waals surface area contributed by atoms with E-state index < -0.39 is 0 Å². The molecule has 2 rings (SSSR count). The molecule has 5 nitrogen and oxygen atoms in total. The second-order valence-electron chi connectivity index (χ2n) is 4.70. The summed E-state index contributed by atoms with van der Waals surface area (Å²) in [6.45, 7) is 1.95. The van der Waals surface area contributed by atoms with Crippen molar-refractivity contribution in [3.8, 4) is 0 Å². The molecule has 2 N–H and O–H groups in total. The number of anilines is 1. The van der Waals surface area contributed by atoms with Gasteiger partial charge in [0.05, 0.1) is 11.9 Å². The van der Waals surface area contributed by atoms with E-state index in [0.29, 0.717) is 11.7 Å². The van der Waals surface area contributed by atoms with Crippen molar-refractivity contribution in [1.82, 2.24) is 15.1 Å². The molecule has 0 spiro atoms. The second-order valence-corrected chi connectivity index (χ2v) is 5.07. The Hall–Kier alpha value is -1.07. The first-order valence-corrected chi connectivity index (χ1v) is 6.75. The van der Waals surface area contributed by atoms with Crippen molar-refractivity contribution in [2.24, 2.45) is 7.05 Å². The van der Waals surface area contributed by atoms with Gasteiger partial charge in [0.25, 0.3) is 5.56 Å². The van der Waals surface area contributed by atoms with E-state index in [1.165, 1.54) is 23.9 Å². The maximum Gasteiger partial charge on any atom is 0.287 e. The van der Waals surface area contributed by atoms with Gasteiger partial charge < -0.3 is 10.6 Å². The molecule has 1 aliphatic heterocycles. The summed E-state index contributed by atoms with van der Waals surface area (Å²) in [5.74, 6) is 0. The fourth-order valence-corrected chi connectivity index (χ4v) is 2.38. The molecule has 1 unspecified atom stereocenters. The molecule has 0 bridgehead atoms. The zero-order valence-electron chi connectivity index (χ0n) is 10.6. The van der Waals surface area contributed by atoms with Gasteiger partial charge in [0.2, 0.25) is 0 Å². The van der Waals surface area contributed by atoms with Gasteiger partial charge in [-0.15, -0.1) is 0 Å². The van der Waals surface area contributed by atoms with Crippen molar-refractivity contribution in [1.29, 1.82) is 0 Å². The Morgan fingerprint density at radius 1 is 1.50 bits per heavy atom. The summed E-state index contributed by atoms with van der Waals surface area (Å²) >= 11 is 6.03. The van der Waals surface area contributed by atoms with E-state index >= 15 is 0 Å². The van der Waals surface area contributed by atoms with Crippen LogP contribution in [-0.2, 0) is 7.05 Å². The first-order valence-electron chi connectivity index (χ1n) is 6.37. The summed E-state index contributed by atoms with van der Waals surface area (Å²) in [6, 6.07) is 0.303. The van der Waals surface area contributed by atoms with Crippen LogP contribution in [0.15, 0.2) is 11.0 Å². The molecule has 6 heteroatoms. The fourth-order valence-electron chi connectivity index (χ4n) is 2.15. The lowest BCUT2D eigenvalue weighted by Gasteiger charge is -2.23. The summed E-state index contributed by atoms with van der Waals surface area (Å²) in [7, 11) is 1.59. The molecule has 1 aromatic rings. The quantitative estimate of drug-likeness (QED) is 0.852. The Bertz CT molecular complexity index is 452. The summed E-state index contributed by atoms with van der Waals surface area (Å²) in [5.41, 5.74) is 0.368. The highest BCUT2D eigenvalue weighted by Crippen LogP contribution is 2.18. The maximum absolute atomic E-state index is 11.7. The molecule has 0 aliphatic carbocycles. The largest absolute Gasteiger partial charge is 0.378 e. The van der Waals surface area contributed by atoms with Crippen LogP contribution in [0.5, 0.6) is 0 Å². The first-order chi connectivity index (χ1) is 8.68. The van der Waals surface area contributed by atoms with Gasteiger partial charge >= 0.3 is 0 Å². The summed E-state index contributed by atoms with van der Waals surface area (Å²) < 4.78 is 1.24. The zero-order chi connectivity index (χ0) is 13.0. The van der Waals surface area contributed by atoms with Gasteiger partial charge in [0.1, 0.15) is 5.02 Å². The number of hydrogen-bond acceptors (Lipinski definition) is 4. The van der Waals surface area contributed by atoms with Gasteiger partial charge in [0, 0.05) is 19.6 Å². The lowest BCUT2D eigenvalue weighted by atomic mass is 10.1. The van der Waals surface area contributed by atoms with Crippen LogP contribution >= 0.6 is 11.6 Å². The summed E-state index contributed by atoms with van der Waals surface area (Å²) in [5, 5.41) is 10.9. The third-order valence-corrected chi connectivity index (χ3v) is 3.60. The minimum atomic E-state index is -0.263. The Morgan fingerprint density at radius 3 is 3.17 bits per heavy atom. The van der Waals surface area contributed by atoms with Crippen molar-refractivity contribution < 1.29 is 0 Å². The average molecular weight is 271 g/mol. The van der Waals surface area contributed by atoms with Crippen LogP contribution in [0, 0.1) is 0 Å². The van der Waals surface area contributed by atoms with E-state index in [9.17, 15) is 4.79 Å². The molecule has 0 radical (unpaired) electrons. The SMILES string of the molecule is Cn1ncc(NC2CCCCCNC2)c(Cl)c1=O. The van der Waals surface area contributed by atoms with E-state index in [1.54, 1.807) is 13.2 Å². The van der Waals surface area contributed by atoms with Gasteiger partial charge in [0.15, 0.2) is 0 Å². The number of hydrogen-bond donors (Lipinski definition) is 2. The monoisotopic (exact) mass is 270 g/mol. The Labute approximate surface area is 112 Å². The van der Waals surface area contributed by atoms with Crippen LogP contribution < -0.4 is 16.2 Å². The van der Waals surface area contributed by atoms with Crippen LogP contribution in [0.1, 0.15) is 25.7 Å². The topological polar surface area (TPSA) is 59.0 Å². The van der Waals surface area contributed by atoms with Gasteiger partial charge in [-0.1, -0.05) is 24.4 Å². The van der Waals surface area contributed by atoms with Gasteiger partial charge in [-0.25, -0.2) is 4.68 Å². The molecule has 0 amide bonds. The van der Waals surface area contributed by atoms with Crippen molar-refractivity contribution >= 4 is 17.3 Å². The zero-order valence-corrected chi connectivity index (χ0v) is 11.3. The van der Waals surface area contributed by atoms with Crippen LogP contribution in [0.25, 0.3) is 0 Å². The number of nitrogens with one attached hydrogen (secondary N) is 2. The van der Waals surface area contributed by atoms with E-state index in [1.807, 2.05) is 0 Å². The molecule has 0 saturated carbocycles. The Kier molecular flexibility index (Phi) is 4.60. The molecule has 1 aromatic heterocycles. The highest BCUT2D eigenvalue weighted by Gasteiger charge is 2.14. The van der Waals surface area contributed by atoms with Crippen LogP contribution in [0.2, 0.25) is 5.02 Å². The number of nitrogens with zero attached hydrogens (tertiary/aromatic N) is 2. The third-order valence-electron chi connectivity index (χ3n) is 3.23. The van der Waals surface area contributed by atoms with E-state index in [0.717, 1.165) is 19.5 Å². The molecule has 18 heavy (non-hydrogen) atoms. The van der Waals surface area contributed by atoms with Crippen LogP contribution in [-0.4, -0.2) is 28.9 Å². The molecule has 100 valence electrons. The number of halogens is 1. The molecule has 1 fully saturated rings. The smallest absolute Gasteiger partial charge is 0.287 e. The minimum absolute atomic E-state index is 0.217. The first kappa shape index (κ1) is 13.4. The standard InChI is InChI=1S/C12H19ClN4O/c1-17-12(18)11(13)10(8-15-17)16-9-5-3-2-4-6-14-7-9/h8-9,14,16H,2-7H2,1H3. The predicted molar refractivity (Wildman–Crippen MR) is 73.2 cm³/mol. The van der Waals surface area contributed by atoms with E-state index in [-0.39, 0.29) is 10.6 Å². The number of aromatic nitrogens is 2. The van der Waals surface area contributed by atoms with E-state index in [4.69, 9.17) is 11.6 Å². The van der Waals surface area contributed by atoms with Gasteiger partial charge in [-0.2, -0.15) is 5.10 Å². The minimum Gasteiger partial charge on any atom is -0.378 e. The molecular formula is C12H19ClN4O. The highest BCUT2D eigenvalue weighted by atomic mass is 35.5. The normalized spacial score (nSPS) is 21.1. The number of aryl methyl sites for hydroxylation is 1. The Morgan fingerprint density at radius 2 is 2.33 bits per heavy atom.